The van der Waals surface area contributed by atoms with Gasteiger partial charge in [0.05, 0.1) is 20.8 Å². The highest BCUT2D eigenvalue weighted by Gasteiger charge is 2.15. The summed E-state index contributed by atoms with van der Waals surface area (Å²) in [6.45, 7) is 3.86. The van der Waals surface area contributed by atoms with E-state index >= 15 is 0 Å². The number of hydrogen-bond donors (Lipinski definition) is 1. The van der Waals surface area contributed by atoms with Crippen LogP contribution >= 0.6 is 0 Å². The number of aryl methyl sites for hydroxylation is 1. The lowest BCUT2D eigenvalue weighted by atomic mass is 10.1. The Labute approximate surface area is 121 Å². The van der Waals surface area contributed by atoms with Crippen LogP contribution in [0.5, 0.6) is 17.2 Å². The zero-order valence-electron chi connectivity index (χ0n) is 12.7. The summed E-state index contributed by atoms with van der Waals surface area (Å²) in [6, 6.07) is 4.60. The van der Waals surface area contributed by atoms with E-state index in [0.29, 0.717) is 18.4 Å². The van der Waals surface area contributed by atoms with Crippen molar-refractivity contribution >= 4 is 0 Å². The molecule has 1 aromatic rings. The van der Waals surface area contributed by atoms with E-state index < -0.39 is 0 Å². The first kappa shape index (κ1) is 15.0. The van der Waals surface area contributed by atoms with Crippen molar-refractivity contribution in [3.8, 4) is 17.2 Å². The summed E-state index contributed by atoms with van der Waals surface area (Å²) >= 11 is 0. The second-order valence-corrected chi connectivity index (χ2v) is 5.28. The quantitative estimate of drug-likeness (QED) is 0.779. The van der Waals surface area contributed by atoms with Gasteiger partial charge in [-0.05, 0) is 56.8 Å². The zero-order valence-corrected chi connectivity index (χ0v) is 12.7. The van der Waals surface area contributed by atoms with E-state index in [-0.39, 0.29) is 0 Å². The fraction of sp³-hybridized carbons (Fsp3) is 0.625. The van der Waals surface area contributed by atoms with Crippen LogP contribution < -0.4 is 19.5 Å². The van der Waals surface area contributed by atoms with Crippen LogP contribution in [-0.2, 0) is 0 Å². The van der Waals surface area contributed by atoms with Crippen molar-refractivity contribution in [1.82, 2.24) is 5.32 Å². The van der Waals surface area contributed by atoms with Gasteiger partial charge in [0.2, 0.25) is 5.75 Å². The molecule has 1 aromatic carbocycles. The molecule has 1 aliphatic rings. The normalized spacial score (nSPS) is 18.1. The van der Waals surface area contributed by atoms with E-state index in [1.54, 1.807) is 14.2 Å². The van der Waals surface area contributed by atoms with E-state index in [0.717, 1.165) is 36.4 Å². The molecule has 112 valence electrons. The molecule has 0 aromatic heterocycles. The molecule has 0 radical (unpaired) electrons. The van der Waals surface area contributed by atoms with Crippen molar-refractivity contribution in [2.24, 2.45) is 0 Å². The predicted octanol–water partition coefficient (Wildman–Crippen LogP) is 2.92. The van der Waals surface area contributed by atoms with Crippen molar-refractivity contribution in [3.63, 3.8) is 0 Å². The topological polar surface area (TPSA) is 39.7 Å². The van der Waals surface area contributed by atoms with Gasteiger partial charge in [-0.15, -0.1) is 0 Å². The summed E-state index contributed by atoms with van der Waals surface area (Å²) in [5, 5.41) is 3.50. The third-order valence-corrected chi connectivity index (χ3v) is 3.71. The van der Waals surface area contributed by atoms with Crippen LogP contribution in [0, 0.1) is 6.92 Å². The van der Waals surface area contributed by atoms with Gasteiger partial charge in [0.25, 0.3) is 0 Å². The minimum Gasteiger partial charge on any atom is -0.493 e. The first-order valence-electron chi connectivity index (χ1n) is 7.33. The lowest BCUT2D eigenvalue weighted by Crippen LogP contribution is -2.21. The second kappa shape index (κ2) is 7.39. The molecule has 1 fully saturated rings. The Morgan fingerprint density at radius 3 is 2.45 bits per heavy atom. The summed E-state index contributed by atoms with van der Waals surface area (Å²) in [5.41, 5.74) is 1.10. The van der Waals surface area contributed by atoms with E-state index in [4.69, 9.17) is 14.2 Å². The van der Waals surface area contributed by atoms with Crippen molar-refractivity contribution < 1.29 is 14.2 Å². The lowest BCUT2D eigenvalue weighted by molar-refractivity contribution is 0.264. The summed E-state index contributed by atoms with van der Waals surface area (Å²) in [7, 11) is 3.31. The monoisotopic (exact) mass is 279 g/mol. The smallest absolute Gasteiger partial charge is 0.203 e. The fourth-order valence-corrected chi connectivity index (χ4v) is 2.66. The fourth-order valence-electron chi connectivity index (χ4n) is 2.66. The molecular weight excluding hydrogens is 254 g/mol. The van der Waals surface area contributed by atoms with Gasteiger partial charge in [0.15, 0.2) is 11.5 Å². The maximum absolute atomic E-state index is 5.89. The molecule has 1 atom stereocenters. The van der Waals surface area contributed by atoms with Crippen molar-refractivity contribution in [2.75, 3.05) is 27.4 Å². The summed E-state index contributed by atoms with van der Waals surface area (Å²) < 4.78 is 16.7. The molecule has 0 saturated carbocycles. The molecule has 1 N–H and O–H groups in total. The summed E-state index contributed by atoms with van der Waals surface area (Å²) in [6.07, 6.45) is 4.79. The van der Waals surface area contributed by atoms with Gasteiger partial charge in [-0.25, -0.2) is 0 Å². The van der Waals surface area contributed by atoms with Crippen molar-refractivity contribution in [2.45, 2.75) is 38.6 Å². The molecule has 1 aliphatic heterocycles. The van der Waals surface area contributed by atoms with E-state index in [1.807, 2.05) is 19.1 Å². The van der Waals surface area contributed by atoms with Crippen molar-refractivity contribution in [3.05, 3.63) is 17.7 Å². The first-order chi connectivity index (χ1) is 9.74. The Balaban J connectivity index is 1.90. The van der Waals surface area contributed by atoms with E-state index in [2.05, 4.69) is 5.32 Å². The van der Waals surface area contributed by atoms with Crippen molar-refractivity contribution in [1.29, 1.82) is 0 Å². The molecule has 4 nitrogen and oxygen atoms in total. The number of nitrogens with one attached hydrogen (secondary N) is 1. The number of benzene rings is 1. The number of rotatable bonds is 7. The largest absolute Gasteiger partial charge is 0.493 e. The molecule has 20 heavy (non-hydrogen) atoms. The van der Waals surface area contributed by atoms with Gasteiger partial charge in [-0.1, -0.05) is 0 Å². The second-order valence-electron chi connectivity index (χ2n) is 5.28. The Bertz CT molecular complexity index is 403. The van der Waals surface area contributed by atoms with Gasteiger partial charge < -0.3 is 19.5 Å². The molecule has 2 rings (SSSR count). The van der Waals surface area contributed by atoms with Gasteiger partial charge >= 0.3 is 0 Å². The van der Waals surface area contributed by atoms with Crippen LogP contribution in [0.15, 0.2) is 12.1 Å². The molecular formula is C16H25NO3. The summed E-state index contributed by atoms with van der Waals surface area (Å²) in [5.74, 6) is 2.18. The standard InChI is InChI=1S/C16H25NO3/c1-12-10-14(18-2)16(15(11-12)19-3)20-9-5-7-13-6-4-8-17-13/h10-11,13,17H,4-9H2,1-3H3. The highest BCUT2D eigenvalue weighted by atomic mass is 16.5. The van der Waals surface area contributed by atoms with Gasteiger partial charge in [0.1, 0.15) is 0 Å². The van der Waals surface area contributed by atoms with E-state index in [9.17, 15) is 0 Å². The minimum absolute atomic E-state index is 0.667. The molecule has 0 bridgehead atoms. The molecule has 1 unspecified atom stereocenters. The molecule has 0 spiro atoms. The third-order valence-electron chi connectivity index (χ3n) is 3.71. The van der Waals surface area contributed by atoms with Crippen LogP contribution in [0.3, 0.4) is 0 Å². The third kappa shape index (κ3) is 3.79. The average molecular weight is 279 g/mol. The van der Waals surface area contributed by atoms with E-state index in [1.165, 1.54) is 12.8 Å². The maximum atomic E-state index is 5.89. The van der Waals surface area contributed by atoms with Crippen LogP contribution in [0.2, 0.25) is 0 Å². The number of ether oxygens (including phenoxy) is 3. The maximum Gasteiger partial charge on any atom is 0.203 e. The predicted molar refractivity (Wildman–Crippen MR) is 80.0 cm³/mol. The Kier molecular flexibility index (Phi) is 5.53. The van der Waals surface area contributed by atoms with Crippen LogP contribution in [0.4, 0.5) is 0 Å². The van der Waals surface area contributed by atoms with Crippen LogP contribution in [0.25, 0.3) is 0 Å². The Morgan fingerprint density at radius 1 is 1.20 bits per heavy atom. The minimum atomic E-state index is 0.667. The number of hydrogen-bond acceptors (Lipinski definition) is 4. The molecule has 4 heteroatoms. The molecule has 1 saturated heterocycles. The average Bonchev–Trinajstić information content (AvgIpc) is 2.97. The van der Waals surface area contributed by atoms with Gasteiger partial charge in [0, 0.05) is 6.04 Å². The first-order valence-corrected chi connectivity index (χ1v) is 7.33. The lowest BCUT2D eigenvalue weighted by Gasteiger charge is -2.16. The van der Waals surface area contributed by atoms with Crippen LogP contribution in [0.1, 0.15) is 31.2 Å². The molecule has 1 heterocycles. The van der Waals surface area contributed by atoms with Gasteiger partial charge in [-0.3, -0.25) is 0 Å². The van der Waals surface area contributed by atoms with Crippen LogP contribution in [-0.4, -0.2) is 33.4 Å². The summed E-state index contributed by atoms with van der Waals surface area (Å²) in [4.78, 5) is 0. The Morgan fingerprint density at radius 2 is 1.90 bits per heavy atom. The molecule has 0 aliphatic carbocycles. The van der Waals surface area contributed by atoms with Gasteiger partial charge in [-0.2, -0.15) is 0 Å². The highest BCUT2D eigenvalue weighted by Crippen LogP contribution is 2.38. The zero-order chi connectivity index (χ0) is 14.4. The highest BCUT2D eigenvalue weighted by molar-refractivity contribution is 5.53. The number of methoxy groups -OCH3 is 2. The molecule has 0 amide bonds. The SMILES string of the molecule is COc1cc(C)cc(OC)c1OCCCC1CCCN1. The Hall–Kier alpha value is -1.42.